The van der Waals surface area contributed by atoms with Crippen molar-refractivity contribution in [1.82, 2.24) is 0 Å². The predicted octanol–water partition coefficient (Wildman–Crippen LogP) is 7.30. The Labute approximate surface area is 174 Å². The molecule has 0 aliphatic heterocycles. The van der Waals surface area contributed by atoms with Gasteiger partial charge in [0.1, 0.15) is 5.82 Å². The van der Waals surface area contributed by atoms with Crippen molar-refractivity contribution in [2.24, 2.45) is 0 Å². The van der Waals surface area contributed by atoms with Crippen molar-refractivity contribution in [3.63, 3.8) is 0 Å². The molecule has 0 aliphatic carbocycles. The minimum Gasteiger partial charge on any atom is -0.388 e. The summed E-state index contributed by atoms with van der Waals surface area (Å²) in [6, 6.07) is 15.7. The van der Waals surface area contributed by atoms with E-state index in [1.807, 2.05) is 6.07 Å². The van der Waals surface area contributed by atoms with Crippen LogP contribution in [0.2, 0.25) is 0 Å². The van der Waals surface area contributed by atoms with Gasteiger partial charge in [-0.05, 0) is 47.5 Å². The monoisotopic (exact) mass is 444 g/mol. The minimum absolute atomic E-state index is 0.230. The third-order valence-corrected chi connectivity index (χ3v) is 4.22. The second-order valence-electron chi connectivity index (χ2n) is 6.36. The van der Waals surface area contributed by atoms with E-state index < -0.39 is 29.3 Å². The molecule has 0 amide bonds. The van der Waals surface area contributed by atoms with Gasteiger partial charge in [0.15, 0.2) is 0 Å². The first-order chi connectivity index (χ1) is 14.5. The minimum atomic E-state index is -4.64. The molecule has 166 valence electrons. The molecule has 0 spiro atoms. The molecule has 0 aliphatic rings. The van der Waals surface area contributed by atoms with Crippen molar-refractivity contribution >= 4 is 11.4 Å². The zero-order valence-corrected chi connectivity index (χ0v) is 16.5. The number of nitrogens with one attached hydrogen (secondary N) is 2. The van der Waals surface area contributed by atoms with Crippen molar-refractivity contribution < 1.29 is 30.7 Å². The van der Waals surface area contributed by atoms with E-state index in [4.69, 9.17) is 0 Å². The highest BCUT2D eigenvalue weighted by atomic mass is 19.4. The summed E-state index contributed by atoms with van der Waals surface area (Å²) < 4.78 is 87.3. The number of anilines is 2. The second-order valence-corrected chi connectivity index (χ2v) is 6.36. The number of hydrogen-bond donors (Lipinski definition) is 2. The molecule has 2 N–H and O–H groups in total. The number of rotatable bonds is 3. The SMILES string of the molecule is CNc1cc(-c2ccccc2)cc(C(F)(F)F)c1.CNc1ccc(F)c(C(F)(F)F)c1. The third-order valence-electron chi connectivity index (χ3n) is 4.22. The van der Waals surface area contributed by atoms with Crippen LogP contribution in [0.4, 0.5) is 42.1 Å². The lowest BCUT2D eigenvalue weighted by atomic mass is 10.0. The fourth-order valence-corrected chi connectivity index (χ4v) is 2.63. The Morgan fingerprint density at radius 3 is 1.74 bits per heavy atom. The van der Waals surface area contributed by atoms with Crippen LogP contribution in [0.15, 0.2) is 66.7 Å². The maximum Gasteiger partial charge on any atom is 0.419 e. The third kappa shape index (κ3) is 6.63. The Morgan fingerprint density at radius 2 is 1.23 bits per heavy atom. The van der Waals surface area contributed by atoms with Crippen LogP contribution in [0.5, 0.6) is 0 Å². The normalized spacial score (nSPS) is 11.4. The number of halogens is 7. The molecule has 0 aromatic heterocycles. The van der Waals surface area contributed by atoms with Gasteiger partial charge >= 0.3 is 12.4 Å². The first-order valence-corrected chi connectivity index (χ1v) is 8.95. The van der Waals surface area contributed by atoms with Crippen LogP contribution < -0.4 is 10.6 Å². The van der Waals surface area contributed by atoms with Crippen molar-refractivity contribution in [3.8, 4) is 11.1 Å². The Hall–Kier alpha value is -3.23. The molecule has 31 heavy (non-hydrogen) atoms. The summed E-state index contributed by atoms with van der Waals surface area (Å²) in [5, 5.41) is 5.25. The van der Waals surface area contributed by atoms with E-state index >= 15 is 0 Å². The maximum absolute atomic E-state index is 12.8. The summed E-state index contributed by atoms with van der Waals surface area (Å²) in [6.45, 7) is 0. The van der Waals surface area contributed by atoms with Crippen LogP contribution in [0.25, 0.3) is 11.1 Å². The van der Waals surface area contributed by atoms with E-state index in [1.54, 1.807) is 37.4 Å². The van der Waals surface area contributed by atoms with Crippen LogP contribution >= 0.6 is 0 Å². The molecule has 0 atom stereocenters. The van der Waals surface area contributed by atoms with Crippen molar-refractivity contribution in [1.29, 1.82) is 0 Å². The molecule has 0 radical (unpaired) electrons. The molecule has 0 fully saturated rings. The standard InChI is InChI=1S/C14H12F3N.C8H7F4N/c1-18-13-8-11(10-5-3-2-4-6-10)7-12(9-13)14(15,16)17;1-13-5-2-3-7(9)6(4-5)8(10,11)12/h2-9,18H,1H3;2-4,13H,1H3. The average Bonchev–Trinajstić information content (AvgIpc) is 2.73. The van der Waals surface area contributed by atoms with E-state index in [1.165, 1.54) is 13.1 Å². The fourth-order valence-electron chi connectivity index (χ4n) is 2.63. The van der Waals surface area contributed by atoms with Crippen LogP contribution in [-0.4, -0.2) is 14.1 Å². The highest BCUT2D eigenvalue weighted by molar-refractivity contribution is 5.69. The first kappa shape index (κ1) is 24.0. The summed E-state index contributed by atoms with van der Waals surface area (Å²) in [4.78, 5) is 0. The lowest BCUT2D eigenvalue weighted by Gasteiger charge is -2.12. The summed E-state index contributed by atoms with van der Waals surface area (Å²) in [5.74, 6) is -1.26. The van der Waals surface area contributed by atoms with E-state index in [9.17, 15) is 30.7 Å². The van der Waals surface area contributed by atoms with Crippen molar-refractivity contribution in [3.05, 3.63) is 83.7 Å². The van der Waals surface area contributed by atoms with E-state index in [0.29, 0.717) is 11.3 Å². The molecule has 0 bridgehead atoms. The molecule has 3 rings (SSSR count). The van der Waals surface area contributed by atoms with Gasteiger partial charge in [-0.2, -0.15) is 26.3 Å². The van der Waals surface area contributed by atoms with Crippen LogP contribution in [0.1, 0.15) is 11.1 Å². The summed E-state index contributed by atoms with van der Waals surface area (Å²) in [5.41, 5.74) is 0.0971. The zero-order valence-electron chi connectivity index (χ0n) is 16.5. The molecule has 9 heteroatoms. The largest absolute Gasteiger partial charge is 0.419 e. The average molecular weight is 444 g/mol. The topological polar surface area (TPSA) is 24.1 Å². The van der Waals surface area contributed by atoms with Gasteiger partial charge < -0.3 is 10.6 Å². The summed E-state index contributed by atoms with van der Waals surface area (Å²) >= 11 is 0. The van der Waals surface area contributed by atoms with Gasteiger partial charge in [0.05, 0.1) is 11.1 Å². The van der Waals surface area contributed by atoms with Gasteiger partial charge in [-0.3, -0.25) is 0 Å². The Bertz CT molecular complexity index is 997. The molecule has 0 saturated carbocycles. The molecular weight excluding hydrogens is 425 g/mol. The molecule has 3 aromatic rings. The van der Waals surface area contributed by atoms with Gasteiger partial charge in [-0.1, -0.05) is 30.3 Å². The summed E-state index contributed by atoms with van der Waals surface area (Å²) in [6.07, 6.45) is -8.98. The van der Waals surface area contributed by atoms with Gasteiger partial charge in [0, 0.05) is 25.5 Å². The van der Waals surface area contributed by atoms with Crippen LogP contribution in [0.3, 0.4) is 0 Å². The number of alkyl halides is 6. The quantitative estimate of drug-likeness (QED) is 0.414. The maximum atomic E-state index is 12.8. The predicted molar refractivity (Wildman–Crippen MR) is 107 cm³/mol. The lowest BCUT2D eigenvalue weighted by molar-refractivity contribution is -0.140. The molecule has 3 aromatic carbocycles. The lowest BCUT2D eigenvalue weighted by Crippen LogP contribution is -2.08. The first-order valence-electron chi connectivity index (χ1n) is 8.95. The molecule has 0 heterocycles. The molecule has 2 nitrogen and oxygen atoms in total. The van der Waals surface area contributed by atoms with E-state index in [2.05, 4.69) is 10.6 Å². The number of hydrogen-bond acceptors (Lipinski definition) is 2. The van der Waals surface area contributed by atoms with Gasteiger partial charge in [0.25, 0.3) is 0 Å². The van der Waals surface area contributed by atoms with E-state index in [0.717, 1.165) is 29.8 Å². The van der Waals surface area contributed by atoms with E-state index in [-0.39, 0.29) is 5.69 Å². The Morgan fingerprint density at radius 1 is 0.613 bits per heavy atom. The number of benzene rings is 3. The van der Waals surface area contributed by atoms with Crippen molar-refractivity contribution in [2.45, 2.75) is 12.4 Å². The van der Waals surface area contributed by atoms with Gasteiger partial charge in [-0.15, -0.1) is 0 Å². The van der Waals surface area contributed by atoms with Gasteiger partial charge in [0.2, 0.25) is 0 Å². The zero-order chi connectivity index (χ0) is 23.2. The highest BCUT2D eigenvalue weighted by Gasteiger charge is 2.34. The smallest absolute Gasteiger partial charge is 0.388 e. The van der Waals surface area contributed by atoms with Crippen LogP contribution in [-0.2, 0) is 12.4 Å². The van der Waals surface area contributed by atoms with Crippen LogP contribution in [0, 0.1) is 5.82 Å². The second kappa shape index (κ2) is 9.72. The van der Waals surface area contributed by atoms with Crippen molar-refractivity contribution in [2.75, 3.05) is 24.7 Å². The molecular formula is C22H19F7N2. The fraction of sp³-hybridized carbons (Fsp3) is 0.182. The Kier molecular flexibility index (Phi) is 7.54. The Balaban J connectivity index is 0.000000233. The molecule has 0 unspecified atom stereocenters. The highest BCUT2D eigenvalue weighted by Crippen LogP contribution is 2.35. The summed E-state index contributed by atoms with van der Waals surface area (Å²) in [7, 11) is 3.07. The van der Waals surface area contributed by atoms with Gasteiger partial charge in [-0.25, -0.2) is 4.39 Å². The molecule has 0 saturated heterocycles.